The molecule has 2 aromatic heterocycles. The summed E-state index contributed by atoms with van der Waals surface area (Å²) in [5.41, 5.74) is 6.66. The molecule has 0 fully saturated rings. The molecule has 212 valence electrons. The minimum Gasteiger partial charge on any atom is -0.300 e. The van der Waals surface area contributed by atoms with Crippen LogP contribution in [0.3, 0.4) is 0 Å². The van der Waals surface area contributed by atoms with E-state index in [0.29, 0.717) is 33.9 Å². The third kappa shape index (κ3) is 4.59. The summed E-state index contributed by atoms with van der Waals surface area (Å²) in [6.45, 7) is 0. The summed E-state index contributed by atoms with van der Waals surface area (Å²) in [4.78, 5) is 10.3. The molecule has 0 amide bonds. The van der Waals surface area contributed by atoms with Crippen LogP contribution in [0, 0.1) is 35.1 Å². The second-order valence-corrected chi connectivity index (χ2v) is 10.2. The van der Waals surface area contributed by atoms with Gasteiger partial charge in [0.1, 0.15) is 5.41 Å². The molecule has 1 aliphatic carbocycles. The Bertz CT molecular complexity index is 2080. The van der Waals surface area contributed by atoms with Crippen LogP contribution in [0.15, 0.2) is 114 Å². The third-order valence-corrected chi connectivity index (χ3v) is 7.97. The summed E-state index contributed by atoms with van der Waals surface area (Å²) < 4.78 is 32.0. The molecular weight excluding hydrogens is 754 g/mol. The maximum Gasteiger partial charge on any atom is 2.00 e. The van der Waals surface area contributed by atoms with Gasteiger partial charge in [-0.1, -0.05) is 72.8 Å². The quantitative estimate of drug-likeness (QED) is 0.166. The molecule has 4 aromatic carbocycles. The Morgan fingerprint density at radius 3 is 1.77 bits per heavy atom. The molecule has 8 heteroatoms. The second kappa shape index (κ2) is 11.7. The molecule has 0 radical (unpaired) electrons. The van der Waals surface area contributed by atoms with Gasteiger partial charge in [-0.3, -0.25) is 18.7 Å². The monoisotopic (exact) mass is 771 g/mol. The van der Waals surface area contributed by atoms with Crippen LogP contribution in [0.1, 0.15) is 28.1 Å². The van der Waals surface area contributed by atoms with Crippen molar-refractivity contribution in [2.24, 2.45) is 4.36 Å². The Morgan fingerprint density at radius 2 is 1.23 bits per heavy atom. The Labute approximate surface area is 272 Å². The van der Waals surface area contributed by atoms with Gasteiger partial charge in [-0.15, -0.1) is 47.5 Å². The number of hydrogen-bond donors (Lipinski definition) is 0. The zero-order valence-electron chi connectivity index (χ0n) is 22.7. The van der Waals surface area contributed by atoms with Crippen molar-refractivity contribution in [3.8, 4) is 39.7 Å². The predicted octanol–water partition coefficient (Wildman–Crippen LogP) is 8.28. The molecule has 6 aromatic rings. The first kappa shape index (κ1) is 29.3. The number of nitriles is 1. The molecule has 4 nitrogen and oxygen atoms in total. The van der Waals surface area contributed by atoms with Crippen molar-refractivity contribution >= 4 is 18.1 Å². The zero-order chi connectivity index (χ0) is 29.6. The molecular formula is C36H18F2N4PtS. The van der Waals surface area contributed by atoms with Crippen molar-refractivity contribution in [3.05, 3.63) is 161 Å². The molecule has 0 N–H and O–H groups in total. The van der Waals surface area contributed by atoms with Crippen LogP contribution in [0.4, 0.5) is 14.5 Å². The molecule has 0 saturated carbocycles. The first-order valence-electron chi connectivity index (χ1n) is 13.4. The van der Waals surface area contributed by atoms with Crippen LogP contribution in [0.2, 0.25) is 0 Å². The van der Waals surface area contributed by atoms with E-state index >= 15 is 0 Å². The first-order chi connectivity index (χ1) is 21.0. The van der Waals surface area contributed by atoms with Gasteiger partial charge in [-0.25, -0.2) is 0 Å². The minimum atomic E-state index is -0.942. The number of pyridine rings is 2. The molecule has 1 aliphatic rings. The van der Waals surface area contributed by atoms with E-state index < -0.39 is 17.0 Å². The Morgan fingerprint density at radius 1 is 0.705 bits per heavy atom. The van der Waals surface area contributed by atoms with E-state index in [0.717, 1.165) is 28.3 Å². The number of halogens is 2. The molecule has 0 unspecified atom stereocenters. The van der Waals surface area contributed by atoms with Crippen molar-refractivity contribution < 1.29 is 29.8 Å². The SMILES string of the molecule is N#Cc1cc(-c2cccc(C3(c4cccc(-c5[c-]cc(F)c(N=S)c5)n4)c4ccccc4-c4ccccc43)n2)[c-]cc1F.[Pt+2]. The number of fused-ring (bicyclic) bond motifs is 3. The number of nitrogens with zero attached hydrogens (tertiary/aromatic N) is 4. The fourth-order valence-electron chi connectivity index (χ4n) is 5.89. The fourth-order valence-corrected chi connectivity index (χ4v) is 6.03. The normalized spacial score (nSPS) is 12.4. The topological polar surface area (TPSA) is 61.9 Å². The standard InChI is InChI=1S/C36H18F2N4S.Pt/c37-29-17-15-22(19-24(29)21-39)31-11-5-13-34(40-31)36(27-9-3-1-7-25(27)26-8-2-4-10-28(26)36)35-14-6-12-32(41-35)23-16-18-30(38)33(20-23)42-43;/h1-14,17-20H;/q-2;+2. The summed E-state index contributed by atoms with van der Waals surface area (Å²) in [7, 11) is 0. The Hall–Kier alpha value is -4.76. The Balaban J connectivity index is 0.00000343. The van der Waals surface area contributed by atoms with E-state index in [1.807, 2.05) is 66.7 Å². The fraction of sp³-hybridized carbons (Fsp3) is 0.0278. The van der Waals surface area contributed by atoms with Gasteiger partial charge in [0, 0.05) is 23.7 Å². The Kier molecular flexibility index (Phi) is 7.81. The van der Waals surface area contributed by atoms with Crippen LogP contribution < -0.4 is 0 Å². The van der Waals surface area contributed by atoms with Crippen LogP contribution in [0.25, 0.3) is 33.6 Å². The van der Waals surface area contributed by atoms with Gasteiger partial charge in [-0.2, -0.15) is 9.62 Å². The molecule has 0 atom stereocenters. The summed E-state index contributed by atoms with van der Waals surface area (Å²) in [5, 5.41) is 9.43. The van der Waals surface area contributed by atoms with Gasteiger partial charge in [0.05, 0.1) is 29.1 Å². The van der Waals surface area contributed by atoms with Crippen molar-refractivity contribution in [3.63, 3.8) is 0 Å². The van der Waals surface area contributed by atoms with Crippen LogP contribution in [0.5, 0.6) is 0 Å². The van der Waals surface area contributed by atoms with Crippen molar-refractivity contribution in [1.29, 1.82) is 5.26 Å². The van der Waals surface area contributed by atoms with E-state index in [1.165, 1.54) is 18.2 Å². The van der Waals surface area contributed by atoms with E-state index in [4.69, 9.17) is 22.4 Å². The van der Waals surface area contributed by atoms with Gasteiger partial charge in [0.2, 0.25) is 0 Å². The molecule has 0 spiro atoms. The number of hydrogen-bond acceptors (Lipinski definition) is 5. The van der Waals surface area contributed by atoms with Crippen molar-refractivity contribution in [2.75, 3.05) is 0 Å². The van der Waals surface area contributed by atoms with E-state index in [9.17, 15) is 14.0 Å². The molecule has 0 saturated heterocycles. The molecule has 7 rings (SSSR count). The van der Waals surface area contributed by atoms with Crippen LogP contribution in [-0.4, -0.2) is 9.97 Å². The van der Waals surface area contributed by atoms with Gasteiger partial charge < -0.3 is 0 Å². The largest absolute Gasteiger partial charge is 2.00 e. The third-order valence-electron chi connectivity index (χ3n) is 7.77. The number of aromatic nitrogens is 2. The summed E-state index contributed by atoms with van der Waals surface area (Å²) in [6, 6.07) is 40.8. The average Bonchev–Trinajstić information content (AvgIpc) is 3.36. The average molecular weight is 772 g/mol. The molecule has 0 aliphatic heterocycles. The van der Waals surface area contributed by atoms with Crippen LogP contribution >= 0.6 is 0 Å². The predicted molar refractivity (Wildman–Crippen MR) is 162 cm³/mol. The maximum atomic E-state index is 14.2. The number of benzene rings is 4. The van der Waals surface area contributed by atoms with E-state index in [2.05, 4.69) is 40.8 Å². The first-order valence-corrected chi connectivity index (χ1v) is 13.7. The van der Waals surface area contributed by atoms with Gasteiger partial charge >= 0.3 is 21.1 Å². The molecule has 2 heterocycles. The zero-order valence-corrected chi connectivity index (χ0v) is 25.8. The summed E-state index contributed by atoms with van der Waals surface area (Å²) in [5.74, 6) is -1.19. The van der Waals surface area contributed by atoms with Crippen LogP contribution in [-0.2, 0) is 38.9 Å². The molecule has 44 heavy (non-hydrogen) atoms. The van der Waals surface area contributed by atoms with Gasteiger partial charge in [0.25, 0.3) is 0 Å². The molecule has 0 bridgehead atoms. The van der Waals surface area contributed by atoms with E-state index in [-0.39, 0.29) is 32.3 Å². The smallest absolute Gasteiger partial charge is 0.300 e. The van der Waals surface area contributed by atoms with Gasteiger partial charge in [-0.05, 0) is 45.8 Å². The summed E-state index contributed by atoms with van der Waals surface area (Å²) >= 11 is 4.77. The second-order valence-electron chi connectivity index (χ2n) is 10.0. The summed E-state index contributed by atoms with van der Waals surface area (Å²) in [6.07, 6.45) is 0. The minimum absolute atomic E-state index is 0. The van der Waals surface area contributed by atoms with Crippen molar-refractivity contribution in [1.82, 2.24) is 9.97 Å². The van der Waals surface area contributed by atoms with Crippen molar-refractivity contribution in [2.45, 2.75) is 5.41 Å². The van der Waals surface area contributed by atoms with E-state index in [1.54, 1.807) is 0 Å². The van der Waals surface area contributed by atoms with Gasteiger partial charge in [0.15, 0.2) is 0 Å². The maximum absolute atomic E-state index is 14.2. The number of rotatable bonds is 5.